The molecule has 9 heteroatoms. The van der Waals surface area contributed by atoms with Crippen molar-refractivity contribution in [2.24, 2.45) is 0 Å². The first kappa shape index (κ1) is 18.9. The first-order valence-electron chi connectivity index (χ1n) is 8.30. The van der Waals surface area contributed by atoms with Gasteiger partial charge < -0.3 is 5.11 Å². The number of aromatic nitrogens is 3. The van der Waals surface area contributed by atoms with E-state index >= 15 is 0 Å². The average Bonchev–Trinajstić information content (AvgIpc) is 3.11. The van der Waals surface area contributed by atoms with Gasteiger partial charge >= 0.3 is 12.1 Å². The van der Waals surface area contributed by atoms with Crippen LogP contribution in [0.2, 0.25) is 5.02 Å². The van der Waals surface area contributed by atoms with E-state index in [9.17, 15) is 23.1 Å². The highest BCUT2D eigenvalue weighted by Gasteiger charge is 2.30. The molecule has 2 aromatic heterocycles. The zero-order valence-corrected chi connectivity index (χ0v) is 15.2. The monoisotopic (exact) mass is 417 g/mol. The summed E-state index contributed by atoms with van der Waals surface area (Å²) < 4.78 is 40.2. The first-order valence-corrected chi connectivity index (χ1v) is 8.67. The third kappa shape index (κ3) is 3.31. The van der Waals surface area contributed by atoms with Gasteiger partial charge in [0.2, 0.25) is 0 Å². The molecule has 29 heavy (non-hydrogen) atoms. The van der Waals surface area contributed by atoms with Crippen molar-refractivity contribution in [2.45, 2.75) is 6.18 Å². The van der Waals surface area contributed by atoms with Crippen molar-refractivity contribution in [1.29, 1.82) is 0 Å². The number of nitrogens with zero attached hydrogens (tertiary/aromatic N) is 3. The molecular weight excluding hydrogens is 407 g/mol. The molecule has 2 aromatic carbocycles. The van der Waals surface area contributed by atoms with Crippen LogP contribution in [0.25, 0.3) is 28.0 Å². The van der Waals surface area contributed by atoms with Crippen LogP contribution < -0.4 is 0 Å². The number of fused-ring (bicyclic) bond motifs is 1. The van der Waals surface area contributed by atoms with Gasteiger partial charge in [0.1, 0.15) is 5.56 Å². The molecule has 0 fully saturated rings. The van der Waals surface area contributed by atoms with Gasteiger partial charge in [-0.25, -0.2) is 14.3 Å². The van der Waals surface area contributed by atoms with Gasteiger partial charge in [-0.05, 0) is 18.2 Å². The molecule has 0 atom stereocenters. The molecular formula is C20H11ClF3N3O2. The lowest BCUT2D eigenvalue weighted by molar-refractivity contribution is -0.137. The largest absolute Gasteiger partial charge is 0.477 e. The number of halogens is 4. The summed E-state index contributed by atoms with van der Waals surface area (Å²) in [6.07, 6.45) is -1.88. The van der Waals surface area contributed by atoms with E-state index < -0.39 is 17.7 Å². The molecule has 0 unspecified atom stereocenters. The van der Waals surface area contributed by atoms with Crippen LogP contribution in [-0.4, -0.2) is 25.7 Å². The summed E-state index contributed by atoms with van der Waals surface area (Å²) in [6.45, 7) is 0. The van der Waals surface area contributed by atoms with Gasteiger partial charge in [0.25, 0.3) is 0 Å². The molecule has 2 heterocycles. The fourth-order valence-electron chi connectivity index (χ4n) is 3.05. The molecule has 0 bridgehead atoms. The van der Waals surface area contributed by atoms with E-state index in [1.54, 1.807) is 24.3 Å². The van der Waals surface area contributed by atoms with Crippen molar-refractivity contribution in [2.75, 3.05) is 0 Å². The van der Waals surface area contributed by atoms with Gasteiger partial charge in [-0.15, -0.1) is 0 Å². The summed E-state index contributed by atoms with van der Waals surface area (Å²) in [4.78, 5) is 15.7. The summed E-state index contributed by atoms with van der Waals surface area (Å²) in [5, 5.41) is 13.9. The summed E-state index contributed by atoms with van der Waals surface area (Å²) >= 11 is 6.31. The van der Waals surface area contributed by atoms with Gasteiger partial charge in [0.15, 0.2) is 5.65 Å². The van der Waals surface area contributed by atoms with E-state index in [2.05, 4.69) is 10.1 Å². The van der Waals surface area contributed by atoms with E-state index in [1.807, 2.05) is 0 Å². The third-order valence-corrected chi connectivity index (χ3v) is 4.74. The summed E-state index contributed by atoms with van der Waals surface area (Å²) in [5.41, 5.74) is 1.03. The zero-order chi connectivity index (χ0) is 20.8. The van der Waals surface area contributed by atoms with Crippen LogP contribution in [0.1, 0.15) is 15.9 Å². The van der Waals surface area contributed by atoms with Gasteiger partial charge in [0.05, 0.1) is 17.5 Å². The second kappa shape index (κ2) is 6.89. The molecule has 0 spiro atoms. The Balaban J connectivity index is 2.02. The van der Waals surface area contributed by atoms with Crippen LogP contribution in [0, 0.1) is 0 Å². The molecule has 4 aromatic rings. The number of carboxylic acids is 1. The van der Waals surface area contributed by atoms with E-state index in [4.69, 9.17) is 11.6 Å². The van der Waals surface area contributed by atoms with E-state index in [1.165, 1.54) is 22.8 Å². The first-order chi connectivity index (χ1) is 13.8. The number of rotatable bonds is 3. The number of alkyl halides is 3. The van der Waals surface area contributed by atoms with Crippen LogP contribution in [0.4, 0.5) is 13.2 Å². The topological polar surface area (TPSA) is 67.5 Å². The number of hydrogen-bond acceptors (Lipinski definition) is 3. The number of hydrogen-bond donors (Lipinski definition) is 1. The minimum Gasteiger partial charge on any atom is -0.477 e. The molecule has 0 aliphatic carbocycles. The lowest BCUT2D eigenvalue weighted by Gasteiger charge is -2.14. The van der Waals surface area contributed by atoms with Gasteiger partial charge in [-0.3, -0.25) is 0 Å². The fourth-order valence-corrected chi connectivity index (χ4v) is 3.29. The fraction of sp³-hybridized carbons (Fsp3) is 0.0500. The van der Waals surface area contributed by atoms with E-state index in [-0.39, 0.29) is 11.2 Å². The Kier molecular flexibility index (Phi) is 4.50. The maximum Gasteiger partial charge on any atom is 0.416 e. The lowest BCUT2D eigenvalue weighted by atomic mass is 9.99. The Bertz CT molecular complexity index is 1230. The molecule has 146 valence electrons. The molecule has 0 amide bonds. The lowest BCUT2D eigenvalue weighted by Crippen LogP contribution is -2.05. The minimum absolute atomic E-state index is 0.0724. The number of carbonyl (C=O) groups is 1. The second-order valence-corrected chi connectivity index (χ2v) is 6.58. The van der Waals surface area contributed by atoms with Crippen LogP contribution in [0.3, 0.4) is 0 Å². The Morgan fingerprint density at radius 1 is 1.00 bits per heavy atom. The van der Waals surface area contributed by atoms with Gasteiger partial charge in [-0.2, -0.15) is 18.3 Å². The SMILES string of the molecule is O=C(O)c1cnn2c(-c3ccc(C(F)(F)F)cc3)c(-c3ccccc3Cl)cnc12. The highest BCUT2D eigenvalue weighted by molar-refractivity contribution is 6.33. The van der Waals surface area contributed by atoms with E-state index in [0.717, 1.165) is 18.3 Å². The van der Waals surface area contributed by atoms with Gasteiger partial charge in [0, 0.05) is 27.9 Å². The Labute approximate surface area is 167 Å². The molecule has 0 saturated carbocycles. The maximum atomic E-state index is 13.0. The number of aromatic carboxylic acids is 1. The molecule has 0 radical (unpaired) electrons. The van der Waals surface area contributed by atoms with Crippen molar-refractivity contribution in [3.8, 4) is 22.4 Å². The molecule has 0 saturated heterocycles. The van der Waals surface area contributed by atoms with Crippen LogP contribution >= 0.6 is 11.6 Å². The van der Waals surface area contributed by atoms with Crippen molar-refractivity contribution in [3.63, 3.8) is 0 Å². The standard InChI is InChI=1S/C20H11ClF3N3O2/c21-16-4-2-1-3-13(16)14-9-25-18-15(19(28)29)10-26-27(18)17(14)11-5-7-12(8-6-11)20(22,23)24/h1-10H,(H,28,29). The third-order valence-electron chi connectivity index (χ3n) is 4.41. The molecule has 5 nitrogen and oxygen atoms in total. The zero-order valence-electron chi connectivity index (χ0n) is 14.5. The highest BCUT2D eigenvalue weighted by atomic mass is 35.5. The summed E-state index contributed by atoms with van der Waals surface area (Å²) in [7, 11) is 0. The van der Waals surface area contributed by atoms with Crippen molar-refractivity contribution in [1.82, 2.24) is 14.6 Å². The van der Waals surface area contributed by atoms with Crippen LogP contribution in [0.5, 0.6) is 0 Å². The average molecular weight is 418 g/mol. The number of carboxylic acid groups (broad SMARTS) is 1. The minimum atomic E-state index is -4.47. The predicted molar refractivity (Wildman–Crippen MR) is 101 cm³/mol. The summed E-state index contributed by atoms with van der Waals surface area (Å²) in [5.74, 6) is -1.21. The van der Waals surface area contributed by atoms with Crippen molar-refractivity contribution in [3.05, 3.63) is 77.1 Å². The van der Waals surface area contributed by atoms with Crippen molar-refractivity contribution < 1.29 is 23.1 Å². The Morgan fingerprint density at radius 3 is 2.31 bits per heavy atom. The maximum absolute atomic E-state index is 13.0. The predicted octanol–water partition coefficient (Wildman–Crippen LogP) is 5.43. The van der Waals surface area contributed by atoms with E-state index in [0.29, 0.717) is 27.4 Å². The number of benzene rings is 2. The Morgan fingerprint density at radius 2 is 1.69 bits per heavy atom. The smallest absolute Gasteiger partial charge is 0.416 e. The van der Waals surface area contributed by atoms with Crippen LogP contribution in [-0.2, 0) is 6.18 Å². The summed E-state index contributed by atoms with van der Waals surface area (Å²) in [6, 6.07) is 11.4. The molecule has 1 N–H and O–H groups in total. The highest BCUT2D eigenvalue weighted by Crippen LogP contribution is 2.37. The molecule has 0 aliphatic rings. The Hall–Kier alpha value is -3.39. The normalized spacial score (nSPS) is 11.7. The van der Waals surface area contributed by atoms with Crippen molar-refractivity contribution >= 4 is 23.2 Å². The van der Waals surface area contributed by atoms with Gasteiger partial charge in [-0.1, -0.05) is 41.9 Å². The molecule has 0 aliphatic heterocycles. The second-order valence-electron chi connectivity index (χ2n) is 6.17. The quantitative estimate of drug-likeness (QED) is 0.482. The van der Waals surface area contributed by atoms with Crippen LogP contribution in [0.15, 0.2) is 60.9 Å². The molecule has 4 rings (SSSR count).